The molecule has 1 aromatic carbocycles. The first-order valence-corrected chi connectivity index (χ1v) is 6.71. The summed E-state index contributed by atoms with van der Waals surface area (Å²) in [5, 5.41) is 3.34. The average molecular weight is 267 g/mol. The van der Waals surface area contributed by atoms with Crippen LogP contribution >= 0.6 is 0 Å². The zero-order valence-corrected chi connectivity index (χ0v) is 11.6. The Hall–Kier alpha value is -2.27. The first-order chi connectivity index (χ1) is 9.74. The quantitative estimate of drug-likeness (QED) is 0.788. The number of hydrogen-bond acceptors (Lipinski definition) is 4. The third kappa shape index (κ3) is 2.53. The van der Waals surface area contributed by atoms with E-state index in [2.05, 4.69) is 34.1 Å². The summed E-state index contributed by atoms with van der Waals surface area (Å²) < 4.78 is 1.96. The molecule has 20 heavy (non-hydrogen) atoms. The smallest absolute Gasteiger partial charge is 0.157 e. The van der Waals surface area contributed by atoms with Gasteiger partial charge in [-0.1, -0.05) is 26.0 Å². The maximum Gasteiger partial charge on any atom is 0.157 e. The number of imidazole rings is 1. The van der Waals surface area contributed by atoms with Gasteiger partial charge in [0.2, 0.25) is 0 Å². The Morgan fingerprint density at radius 1 is 1.20 bits per heavy atom. The molecule has 0 aliphatic rings. The number of benzene rings is 1. The van der Waals surface area contributed by atoms with E-state index in [0.717, 1.165) is 22.5 Å². The van der Waals surface area contributed by atoms with Crippen molar-refractivity contribution < 1.29 is 0 Å². The van der Waals surface area contributed by atoms with E-state index in [0.29, 0.717) is 12.6 Å². The summed E-state index contributed by atoms with van der Waals surface area (Å²) in [5.41, 5.74) is 2.92. The molecule has 0 atom stereocenters. The maximum atomic E-state index is 4.64. The zero-order chi connectivity index (χ0) is 13.9. The van der Waals surface area contributed by atoms with Crippen molar-refractivity contribution >= 4 is 11.0 Å². The fourth-order valence-electron chi connectivity index (χ4n) is 2.05. The Labute approximate surface area is 117 Å². The first-order valence-electron chi connectivity index (χ1n) is 6.71. The second-order valence-electron chi connectivity index (χ2n) is 5.01. The SMILES string of the molecule is CC(C)NCc1cncc(-n2cnc3ccccc32)n1. The van der Waals surface area contributed by atoms with Crippen LogP contribution in [0, 0.1) is 0 Å². The minimum absolute atomic E-state index is 0.425. The van der Waals surface area contributed by atoms with Crippen molar-refractivity contribution in [2.45, 2.75) is 26.4 Å². The normalized spacial score (nSPS) is 11.3. The lowest BCUT2D eigenvalue weighted by Gasteiger charge is -2.09. The summed E-state index contributed by atoms with van der Waals surface area (Å²) in [6.45, 7) is 4.94. The molecule has 5 heteroatoms. The van der Waals surface area contributed by atoms with E-state index in [9.17, 15) is 0 Å². The molecule has 0 spiro atoms. The van der Waals surface area contributed by atoms with Crippen molar-refractivity contribution in [2.24, 2.45) is 0 Å². The molecule has 102 valence electrons. The van der Waals surface area contributed by atoms with E-state index in [1.807, 2.05) is 28.8 Å². The lowest BCUT2D eigenvalue weighted by Crippen LogP contribution is -2.22. The molecule has 3 aromatic rings. The molecular formula is C15H17N5. The molecule has 2 aromatic heterocycles. The number of para-hydroxylation sites is 2. The molecular weight excluding hydrogens is 250 g/mol. The Bertz CT molecular complexity index is 717. The third-order valence-corrected chi connectivity index (χ3v) is 3.06. The van der Waals surface area contributed by atoms with Gasteiger partial charge in [0.15, 0.2) is 5.82 Å². The highest BCUT2D eigenvalue weighted by Crippen LogP contribution is 2.15. The van der Waals surface area contributed by atoms with Crippen LogP contribution in [0.15, 0.2) is 43.0 Å². The van der Waals surface area contributed by atoms with Gasteiger partial charge in [-0.25, -0.2) is 9.97 Å². The van der Waals surface area contributed by atoms with Crippen LogP contribution in [-0.2, 0) is 6.54 Å². The molecule has 0 aliphatic heterocycles. The Morgan fingerprint density at radius 3 is 2.90 bits per heavy atom. The van der Waals surface area contributed by atoms with Crippen LogP contribution in [-0.4, -0.2) is 25.6 Å². The van der Waals surface area contributed by atoms with Gasteiger partial charge < -0.3 is 5.32 Å². The van der Waals surface area contributed by atoms with Gasteiger partial charge in [-0.15, -0.1) is 0 Å². The molecule has 0 amide bonds. The van der Waals surface area contributed by atoms with Crippen molar-refractivity contribution in [3.63, 3.8) is 0 Å². The fourth-order valence-corrected chi connectivity index (χ4v) is 2.05. The van der Waals surface area contributed by atoms with Crippen LogP contribution in [0.5, 0.6) is 0 Å². The number of aromatic nitrogens is 4. The standard InChI is InChI=1S/C15H17N5/c1-11(2)17-8-12-7-16-9-15(19-12)20-10-18-13-5-3-4-6-14(13)20/h3-7,9-11,17H,8H2,1-2H3. The van der Waals surface area contributed by atoms with Gasteiger partial charge in [-0.2, -0.15) is 0 Å². The maximum absolute atomic E-state index is 4.64. The molecule has 2 heterocycles. The number of nitrogens with zero attached hydrogens (tertiary/aromatic N) is 4. The van der Waals surface area contributed by atoms with Crippen LogP contribution in [0.1, 0.15) is 19.5 Å². The molecule has 0 fully saturated rings. The number of fused-ring (bicyclic) bond motifs is 1. The van der Waals surface area contributed by atoms with Gasteiger partial charge >= 0.3 is 0 Å². The van der Waals surface area contributed by atoms with E-state index in [1.165, 1.54) is 0 Å². The minimum atomic E-state index is 0.425. The summed E-state index contributed by atoms with van der Waals surface area (Å²) in [6.07, 6.45) is 5.33. The second-order valence-corrected chi connectivity index (χ2v) is 5.01. The highest BCUT2D eigenvalue weighted by atomic mass is 15.1. The molecule has 5 nitrogen and oxygen atoms in total. The number of rotatable bonds is 4. The van der Waals surface area contributed by atoms with Gasteiger partial charge in [0.25, 0.3) is 0 Å². The van der Waals surface area contributed by atoms with Crippen LogP contribution < -0.4 is 5.32 Å². The Kier molecular flexibility index (Phi) is 3.43. The number of hydrogen-bond donors (Lipinski definition) is 1. The summed E-state index contributed by atoms with van der Waals surface area (Å²) >= 11 is 0. The van der Waals surface area contributed by atoms with Gasteiger partial charge in [0.05, 0.1) is 22.9 Å². The van der Waals surface area contributed by atoms with Crippen molar-refractivity contribution in [2.75, 3.05) is 0 Å². The highest BCUT2D eigenvalue weighted by molar-refractivity contribution is 5.76. The van der Waals surface area contributed by atoms with Crippen LogP contribution in [0.25, 0.3) is 16.9 Å². The van der Waals surface area contributed by atoms with Crippen LogP contribution in [0.4, 0.5) is 0 Å². The summed E-state index contributed by atoms with van der Waals surface area (Å²) in [4.78, 5) is 13.3. The monoisotopic (exact) mass is 267 g/mol. The fraction of sp³-hybridized carbons (Fsp3) is 0.267. The van der Waals surface area contributed by atoms with Crippen molar-refractivity contribution in [1.29, 1.82) is 0 Å². The molecule has 1 N–H and O–H groups in total. The minimum Gasteiger partial charge on any atom is -0.309 e. The summed E-state index contributed by atoms with van der Waals surface area (Å²) in [7, 11) is 0. The first kappa shape index (κ1) is 12.7. The van der Waals surface area contributed by atoms with Crippen molar-refractivity contribution in [1.82, 2.24) is 24.8 Å². The summed E-state index contributed by atoms with van der Waals surface area (Å²) in [6, 6.07) is 8.42. The topological polar surface area (TPSA) is 55.6 Å². The molecule has 3 rings (SSSR count). The van der Waals surface area contributed by atoms with Crippen molar-refractivity contribution in [3.05, 3.63) is 48.7 Å². The molecule has 0 aliphatic carbocycles. The number of nitrogens with one attached hydrogen (secondary N) is 1. The largest absolute Gasteiger partial charge is 0.309 e. The molecule has 0 saturated heterocycles. The van der Waals surface area contributed by atoms with E-state index in [-0.39, 0.29) is 0 Å². The van der Waals surface area contributed by atoms with E-state index >= 15 is 0 Å². The Balaban J connectivity index is 1.95. The van der Waals surface area contributed by atoms with Gasteiger partial charge in [-0.3, -0.25) is 9.55 Å². The lowest BCUT2D eigenvalue weighted by molar-refractivity contribution is 0.579. The van der Waals surface area contributed by atoms with E-state index < -0.39 is 0 Å². The molecule has 0 bridgehead atoms. The van der Waals surface area contributed by atoms with Crippen LogP contribution in [0.2, 0.25) is 0 Å². The molecule has 0 radical (unpaired) electrons. The van der Waals surface area contributed by atoms with E-state index in [4.69, 9.17) is 0 Å². The predicted molar refractivity (Wildman–Crippen MR) is 78.6 cm³/mol. The third-order valence-electron chi connectivity index (χ3n) is 3.06. The van der Waals surface area contributed by atoms with Crippen LogP contribution in [0.3, 0.4) is 0 Å². The zero-order valence-electron chi connectivity index (χ0n) is 11.6. The highest BCUT2D eigenvalue weighted by Gasteiger charge is 2.06. The lowest BCUT2D eigenvalue weighted by atomic mass is 10.3. The molecule has 0 saturated carbocycles. The summed E-state index contributed by atoms with van der Waals surface area (Å²) in [5.74, 6) is 0.793. The van der Waals surface area contributed by atoms with Crippen molar-refractivity contribution in [3.8, 4) is 5.82 Å². The predicted octanol–water partition coefficient (Wildman–Crippen LogP) is 2.31. The Morgan fingerprint density at radius 2 is 2.05 bits per heavy atom. The second kappa shape index (κ2) is 5.38. The van der Waals surface area contributed by atoms with Gasteiger partial charge in [0, 0.05) is 18.8 Å². The molecule has 0 unspecified atom stereocenters. The van der Waals surface area contributed by atoms with Gasteiger partial charge in [0.1, 0.15) is 6.33 Å². The van der Waals surface area contributed by atoms with Gasteiger partial charge in [-0.05, 0) is 12.1 Å². The van der Waals surface area contributed by atoms with E-state index in [1.54, 1.807) is 18.7 Å². The average Bonchev–Trinajstić information content (AvgIpc) is 2.89.